The van der Waals surface area contributed by atoms with Crippen molar-refractivity contribution in [1.82, 2.24) is 10.2 Å². The third-order valence-electron chi connectivity index (χ3n) is 2.97. The lowest BCUT2D eigenvalue weighted by atomic mass is 10.2. The number of hydrogen-bond donors (Lipinski definition) is 2. The number of carbonyl (C=O) groups is 2. The number of nitrogen functional groups attached to an aromatic ring is 1. The summed E-state index contributed by atoms with van der Waals surface area (Å²) in [6, 6.07) is 1.11. The molecule has 106 valence electrons. The molecule has 1 aromatic rings. The average molecular weight is 283 g/mol. The van der Waals surface area contributed by atoms with Gasteiger partial charge in [0, 0.05) is 23.7 Å². The molecule has 0 aliphatic heterocycles. The van der Waals surface area contributed by atoms with Crippen LogP contribution in [0.15, 0.2) is 6.07 Å². The van der Waals surface area contributed by atoms with Gasteiger partial charge in [0.1, 0.15) is 6.04 Å². The van der Waals surface area contributed by atoms with Crippen LogP contribution in [0.25, 0.3) is 0 Å². The number of amides is 2. The zero-order valence-electron chi connectivity index (χ0n) is 11.8. The highest BCUT2D eigenvalue weighted by molar-refractivity contribution is 7.14. The first-order valence-corrected chi connectivity index (χ1v) is 7.17. The quantitative estimate of drug-likeness (QED) is 0.862. The Morgan fingerprint density at radius 2 is 2.00 bits per heavy atom. The number of nitrogens with one attached hydrogen (secondary N) is 1. The van der Waals surface area contributed by atoms with Crippen LogP contribution in [-0.4, -0.2) is 35.8 Å². The second-order valence-corrected chi connectivity index (χ2v) is 5.58. The van der Waals surface area contributed by atoms with Crippen molar-refractivity contribution in [2.45, 2.75) is 33.7 Å². The molecule has 1 rings (SSSR count). The molecule has 1 aromatic heterocycles. The molecule has 0 fully saturated rings. The van der Waals surface area contributed by atoms with Crippen LogP contribution >= 0.6 is 11.3 Å². The Labute approximate surface area is 117 Å². The summed E-state index contributed by atoms with van der Waals surface area (Å²) in [5.74, 6) is -0.322. The maximum atomic E-state index is 12.0. The predicted molar refractivity (Wildman–Crippen MR) is 78.3 cm³/mol. The Hall–Kier alpha value is -1.56. The summed E-state index contributed by atoms with van der Waals surface area (Å²) in [6.07, 6.45) is 0. The molecule has 19 heavy (non-hydrogen) atoms. The maximum Gasteiger partial charge on any atom is 0.262 e. The molecule has 0 aromatic carbocycles. The predicted octanol–water partition coefficient (Wildman–Crippen LogP) is 1.63. The standard InChI is InChI=1S/C13H21N3O2S/c1-5-16(6-2)13(18)8(3)15-12(17)11-7-10(14)9(4)19-11/h7-8H,5-6,14H2,1-4H3,(H,15,17). The number of hydrogen-bond acceptors (Lipinski definition) is 4. The van der Waals surface area contributed by atoms with E-state index >= 15 is 0 Å². The number of likely N-dealkylation sites (N-methyl/N-ethyl adjacent to an activating group) is 1. The molecule has 1 atom stereocenters. The molecule has 3 N–H and O–H groups in total. The summed E-state index contributed by atoms with van der Waals surface area (Å²) in [6.45, 7) is 8.67. The third-order valence-corrected chi connectivity index (χ3v) is 4.04. The molecule has 0 spiro atoms. The summed E-state index contributed by atoms with van der Waals surface area (Å²) in [4.78, 5) is 27.2. The van der Waals surface area contributed by atoms with E-state index in [1.54, 1.807) is 17.9 Å². The lowest BCUT2D eigenvalue weighted by Gasteiger charge is -2.23. The van der Waals surface area contributed by atoms with Gasteiger partial charge in [-0.25, -0.2) is 0 Å². The van der Waals surface area contributed by atoms with Crippen molar-refractivity contribution in [3.63, 3.8) is 0 Å². The van der Waals surface area contributed by atoms with E-state index in [1.807, 2.05) is 20.8 Å². The van der Waals surface area contributed by atoms with Gasteiger partial charge in [0.2, 0.25) is 5.91 Å². The SMILES string of the molecule is CCN(CC)C(=O)C(C)NC(=O)c1cc(N)c(C)s1. The van der Waals surface area contributed by atoms with Gasteiger partial charge < -0.3 is 16.0 Å². The minimum atomic E-state index is -0.531. The van der Waals surface area contributed by atoms with Crippen LogP contribution in [0.2, 0.25) is 0 Å². The van der Waals surface area contributed by atoms with E-state index in [0.717, 1.165) is 4.88 Å². The first-order chi connectivity index (χ1) is 8.90. The topological polar surface area (TPSA) is 75.4 Å². The first-order valence-electron chi connectivity index (χ1n) is 6.36. The van der Waals surface area contributed by atoms with E-state index in [4.69, 9.17) is 5.73 Å². The number of thiophene rings is 1. The van der Waals surface area contributed by atoms with Gasteiger partial charge in [-0.2, -0.15) is 0 Å². The molecular formula is C13H21N3O2S. The Balaban J connectivity index is 2.68. The molecule has 0 saturated heterocycles. The lowest BCUT2D eigenvalue weighted by molar-refractivity contribution is -0.132. The largest absolute Gasteiger partial charge is 0.398 e. The third kappa shape index (κ3) is 3.70. The summed E-state index contributed by atoms with van der Waals surface area (Å²) in [5.41, 5.74) is 6.32. The van der Waals surface area contributed by atoms with Crippen LogP contribution in [0.3, 0.4) is 0 Å². The van der Waals surface area contributed by atoms with E-state index in [1.165, 1.54) is 11.3 Å². The van der Waals surface area contributed by atoms with Crippen molar-refractivity contribution in [3.8, 4) is 0 Å². The van der Waals surface area contributed by atoms with Gasteiger partial charge in [0.25, 0.3) is 5.91 Å². The van der Waals surface area contributed by atoms with E-state index in [9.17, 15) is 9.59 Å². The first kappa shape index (κ1) is 15.5. The normalized spacial score (nSPS) is 12.0. The molecule has 0 radical (unpaired) electrons. The fraction of sp³-hybridized carbons (Fsp3) is 0.538. The van der Waals surface area contributed by atoms with Gasteiger partial charge in [0.05, 0.1) is 4.88 Å². The molecule has 6 heteroatoms. The van der Waals surface area contributed by atoms with Crippen LogP contribution < -0.4 is 11.1 Å². The van der Waals surface area contributed by atoms with Crippen LogP contribution in [0.1, 0.15) is 35.3 Å². The highest BCUT2D eigenvalue weighted by atomic mass is 32.1. The van der Waals surface area contributed by atoms with Crippen molar-refractivity contribution < 1.29 is 9.59 Å². The second kappa shape index (κ2) is 6.56. The van der Waals surface area contributed by atoms with Crippen LogP contribution in [0.4, 0.5) is 5.69 Å². The fourth-order valence-corrected chi connectivity index (χ4v) is 2.59. The monoisotopic (exact) mass is 283 g/mol. The van der Waals surface area contributed by atoms with Crippen LogP contribution in [0, 0.1) is 6.92 Å². The van der Waals surface area contributed by atoms with Crippen molar-refractivity contribution in [2.75, 3.05) is 18.8 Å². The highest BCUT2D eigenvalue weighted by Gasteiger charge is 2.21. The van der Waals surface area contributed by atoms with E-state index in [-0.39, 0.29) is 11.8 Å². The molecule has 0 aliphatic rings. The zero-order valence-corrected chi connectivity index (χ0v) is 12.6. The van der Waals surface area contributed by atoms with Gasteiger partial charge in [-0.15, -0.1) is 11.3 Å². The smallest absolute Gasteiger partial charge is 0.262 e. The van der Waals surface area contributed by atoms with E-state index in [2.05, 4.69) is 5.32 Å². The van der Waals surface area contributed by atoms with Crippen molar-refractivity contribution >= 4 is 28.8 Å². The number of rotatable bonds is 5. The number of nitrogens with zero attached hydrogens (tertiary/aromatic N) is 1. The van der Waals surface area contributed by atoms with Gasteiger partial charge in [0.15, 0.2) is 0 Å². The Morgan fingerprint density at radius 1 is 1.42 bits per heavy atom. The second-order valence-electron chi connectivity index (χ2n) is 4.33. The number of aryl methyl sites for hydroxylation is 1. The van der Waals surface area contributed by atoms with Gasteiger partial charge in [-0.05, 0) is 33.8 Å². The Morgan fingerprint density at radius 3 is 2.42 bits per heavy atom. The molecule has 0 aliphatic carbocycles. The summed E-state index contributed by atoms with van der Waals surface area (Å²) in [7, 11) is 0. The summed E-state index contributed by atoms with van der Waals surface area (Å²) < 4.78 is 0. The molecule has 1 heterocycles. The molecule has 1 unspecified atom stereocenters. The van der Waals surface area contributed by atoms with E-state index in [0.29, 0.717) is 23.7 Å². The van der Waals surface area contributed by atoms with E-state index < -0.39 is 6.04 Å². The maximum absolute atomic E-state index is 12.0. The van der Waals surface area contributed by atoms with Crippen molar-refractivity contribution in [1.29, 1.82) is 0 Å². The average Bonchev–Trinajstić information content (AvgIpc) is 2.71. The van der Waals surface area contributed by atoms with Crippen LogP contribution in [-0.2, 0) is 4.79 Å². The van der Waals surface area contributed by atoms with Crippen molar-refractivity contribution in [2.24, 2.45) is 0 Å². The van der Waals surface area contributed by atoms with Crippen LogP contribution in [0.5, 0.6) is 0 Å². The van der Waals surface area contributed by atoms with Gasteiger partial charge in [-0.3, -0.25) is 9.59 Å². The minimum Gasteiger partial charge on any atom is -0.398 e. The molecule has 2 amide bonds. The lowest BCUT2D eigenvalue weighted by Crippen LogP contribution is -2.46. The van der Waals surface area contributed by atoms with Gasteiger partial charge in [-0.1, -0.05) is 0 Å². The number of anilines is 1. The summed E-state index contributed by atoms with van der Waals surface area (Å²) >= 11 is 1.33. The van der Waals surface area contributed by atoms with Gasteiger partial charge >= 0.3 is 0 Å². The highest BCUT2D eigenvalue weighted by Crippen LogP contribution is 2.23. The summed E-state index contributed by atoms with van der Waals surface area (Å²) in [5, 5.41) is 2.71. The van der Waals surface area contributed by atoms with Crippen molar-refractivity contribution in [3.05, 3.63) is 15.8 Å². The number of nitrogens with two attached hydrogens (primary N) is 1. The Kier molecular flexibility index (Phi) is 5.35. The fourth-order valence-electron chi connectivity index (χ4n) is 1.75. The molecule has 5 nitrogen and oxygen atoms in total. The number of carbonyl (C=O) groups excluding carboxylic acids is 2. The Bertz CT molecular complexity index is 447. The zero-order chi connectivity index (χ0) is 14.6. The molecular weight excluding hydrogens is 262 g/mol. The molecule has 0 saturated carbocycles. The molecule has 0 bridgehead atoms. The minimum absolute atomic E-state index is 0.0698.